The number of halogens is 1. The first kappa shape index (κ1) is 16.5. The summed E-state index contributed by atoms with van der Waals surface area (Å²) in [5.74, 6) is 5.74. The first-order valence-electron chi connectivity index (χ1n) is 7.11. The number of hydrazine groups is 1. The highest BCUT2D eigenvalue weighted by Crippen LogP contribution is 2.33. The summed E-state index contributed by atoms with van der Waals surface area (Å²) in [5, 5.41) is 3.76. The molecule has 0 saturated carbocycles. The van der Waals surface area contributed by atoms with Crippen LogP contribution in [0.5, 0.6) is 5.75 Å². The van der Waals surface area contributed by atoms with Gasteiger partial charge in [0.1, 0.15) is 11.3 Å². The third-order valence-corrected chi connectivity index (χ3v) is 4.44. The van der Waals surface area contributed by atoms with Crippen molar-refractivity contribution in [2.45, 2.75) is 6.92 Å². The Kier molecular flexibility index (Phi) is 4.84. The minimum atomic E-state index is -0.270. The van der Waals surface area contributed by atoms with Crippen molar-refractivity contribution in [2.75, 3.05) is 17.3 Å². The van der Waals surface area contributed by atoms with Gasteiger partial charge < -0.3 is 10.1 Å². The zero-order valence-electron chi connectivity index (χ0n) is 12.8. The second-order valence-corrected chi connectivity index (χ2v) is 6.56. The molecule has 0 radical (unpaired) electrons. The molecular formula is C16H15ClN4O2S. The van der Waals surface area contributed by atoms with Gasteiger partial charge in [-0.3, -0.25) is 10.2 Å². The number of rotatable bonds is 5. The minimum absolute atomic E-state index is 0.0859. The molecule has 0 aliphatic heterocycles. The number of benzene rings is 2. The molecule has 8 heteroatoms. The number of hydrogen-bond acceptors (Lipinski definition) is 6. The van der Waals surface area contributed by atoms with Crippen LogP contribution in [0.2, 0.25) is 5.02 Å². The van der Waals surface area contributed by atoms with E-state index < -0.39 is 0 Å². The minimum Gasteiger partial charge on any atom is -0.484 e. The van der Waals surface area contributed by atoms with Gasteiger partial charge in [0.05, 0.1) is 9.72 Å². The Labute approximate surface area is 147 Å². The molecule has 0 unspecified atom stereocenters. The molecule has 1 aromatic heterocycles. The highest BCUT2D eigenvalue weighted by molar-refractivity contribution is 7.22. The predicted octanol–water partition coefficient (Wildman–Crippen LogP) is 3.56. The molecule has 0 aliphatic carbocycles. The van der Waals surface area contributed by atoms with Gasteiger partial charge in [-0.05, 0) is 36.8 Å². The van der Waals surface area contributed by atoms with Crippen LogP contribution in [0.3, 0.4) is 0 Å². The van der Waals surface area contributed by atoms with Crippen molar-refractivity contribution in [1.29, 1.82) is 0 Å². The van der Waals surface area contributed by atoms with Crippen LogP contribution in [-0.4, -0.2) is 17.5 Å². The zero-order valence-corrected chi connectivity index (χ0v) is 14.4. The molecule has 3 rings (SSSR count). The molecule has 2 aromatic carbocycles. The van der Waals surface area contributed by atoms with Gasteiger partial charge in [0.15, 0.2) is 11.7 Å². The lowest BCUT2D eigenvalue weighted by Crippen LogP contribution is -2.20. The number of fused-ring (bicyclic) bond motifs is 1. The first-order chi connectivity index (χ1) is 11.5. The molecule has 1 amide bonds. The predicted molar refractivity (Wildman–Crippen MR) is 97.7 cm³/mol. The lowest BCUT2D eigenvalue weighted by Gasteiger charge is -2.08. The van der Waals surface area contributed by atoms with Crippen LogP contribution in [0.15, 0.2) is 36.4 Å². The fourth-order valence-corrected chi connectivity index (χ4v) is 3.33. The lowest BCUT2D eigenvalue weighted by molar-refractivity contribution is -0.118. The van der Waals surface area contributed by atoms with Crippen LogP contribution in [0.1, 0.15) is 5.56 Å². The molecule has 0 bridgehead atoms. The number of anilines is 2. The van der Waals surface area contributed by atoms with E-state index in [9.17, 15) is 4.79 Å². The summed E-state index contributed by atoms with van der Waals surface area (Å²) < 4.78 is 6.30. The molecule has 4 N–H and O–H groups in total. The molecule has 0 saturated heterocycles. The fourth-order valence-electron chi connectivity index (χ4n) is 2.17. The second kappa shape index (κ2) is 7.04. The fraction of sp³-hybridized carbons (Fsp3) is 0.125. The molecule has 1 heterocycles. The number of nitrogens with two attached hydrogens (primary N) is 1. The lowest BCUT2D eigenvalue weighted by atomic mass is 10.2. The molecule has 124 valence electrons. The molecule has 0 fully saturated rings. The van der Waals surface area contributed by atoms with Crippen LogP contribution in [0, 0.1) is 6.92 Å². The summed E-state index contributed by atoms with van der Waals surface area (Å²) in [6.07, 6.45) is 0. The molecule has 0 aliphatic rings. The van der Waals surface area contributed by atoms with E-state index in [1.54, 1.807) is 12.1 Å². The number of ether oxygens (including phenoxy) is 1. The van der Waals surface area contributed by atoms with Crippen LogP contribution in [-0.2, 0) is 4.79 Å². The Morgan fingerprint density at radius 1 is 1.38 bits per heavy atom. The van der Waals surface area contributed by atoms with Crippen molar-refractivity contribution in [1.82, 2.24) is 4.98 Å². The Morgan fingerprint density at radius 3 is 2.96 bits per heavy atom. The smallest absolute Gasteiger partial charge is 0.262 e. The summed E-state index contributed by atoms with van der Waals surface area (Å²) in [7, 11) is 0. The number of hydrogen-bond donors (Lipinski definition) is 3. The Hall–Kier alpha value is -2.35. The maximum Gasteiger partial charge on any atom is 0.262 e. The van der Waals surface area contributed by atoms with E-state index in [1.165, 1.54) is 11.3 Å². The summed E-state index contributed by atoms with van der Waals surface area (Å²) in [4.78, 5) is 16.3. The van der Waals surface area contributed by atoms with E-state index in [0.29, 0.717) is 27.1 Å². The molecule has 0 atom stereocenters. The van der Waals surface area contributed by atoms with Crippen molar-refractivity contribution in [3.63, 3.8) is 0 Å². The van der Waals surface area contributed by atoms with Crippen molar-refractivity contribution in [3.05, 3.63) is 47.0 Å². The molecule has 3 aromatic rings. The van der Waals surface area contributed by atoms with Gasteiger partial charge in [0.2, 0.25) is 0 Å². The average molecular weight is 363 g/mol. The summed E-state index contributed by atoms with van der Waals surface area (Å²) in [6.45, 7) is 1.88. The van der Waals surface area contributed by atoms with Gasteiger partial charge in [-0.25, -0.2) is 10.8 Å². The van der Waals surface area contributed by atoms with Gasteiger partial charge in [0.25, 0.3) is 5.91 Å². The number of amides is 1. The number of carbonyl (C=O) groups excluding carboxylic acids is 1. The van der Waals surface area contributed by atoms with E-state index in [1.807, 2.05) is 31.2 Å². The van der Waals surface area contributed by atoms with Crippen LogP contribution in [0.25, 0.3) is 10.2 Å². The van der Waals surface area contributed by atoms with Crippen LogP contribution >= 0.6 is 22.9 Å². The monoisotopic (exact) mass is 362 g/mol. The van der Waals surface area contributed by atoms with E-state index in [0.717, 1.165) is 10.3 Å². The topological polar surface area (TPSA) is 89.3 Å². The Morgan fingerprint density at radius 2 is 2.21 bits per heavy atom. The van der Waals surface area contributed by atoms with Crippen molar-refractivity contribution in [3.8, 4) is 5.75 Å². The summed E-state index contributed by atoms with van der Waals surface area (Å²) in [6, 6.07) is 11.0. The average Bonchev–Trinajstić information content (AvgIpc) is 2.97. The molecule has 24 heavy (non-hydrogen) atoms. The summed E-state index contributed by atoms with van der Waals surface area (Å²) >= 11 is 7.55. The van der Waals surface area contributed by atoms with Gasteiger partial charge >= 0.3 is 0 Å². The number of carbonyl (C=O) groups is 1. The maximum absolute atomic E-state index is 12.1. The van der Waals surface area contributed by atoms with E-state index in [2.05, 4.69) is 15.7 Å². The van der Waals surface area contributed by atoms with Crippen LogP contribution in [0.4, 0.5) is 10.8 Å². The van der Waals surface area contributed by atoms with Crippen molar-refractivity contribution < 1.29 is 9.53 Å². The van der Waals surface area contributed by atoms with Gasteiger partial charge in [-0.1, -0.05) is 35.1 Å². The zero-order chi connectivity index (χ0) is 17.1. The quantitative estimate of drug-likeness (QED) is 0.477. The first-order valence-corrected chi connectivity index (χ1v) is 8.30. The Balaban J connectivity index is 1.68. The molecule has 6 nitrogen and oxygen atoms in total. The maximum atomic E-state index is 12.1. The highest BCUT2D eigenvalue weighted by atomic mass is 35.5. The Bertz CT molecular complexity index is 897. The number of thiazole rings is 1. The SMILES string of the molecule is Cc1cccc(OCC(=O)Nc2cc(Cl)c3nc(NN)sc3c2)c1. The van der Waals surface area contributed by atoms with Gasteiger partial charge in [-0.15, -0.1) is 0 Å². The largest absolute Gasteiger partial charge is 0.484 e. The molecule has 0 spiro atoms. The van der Waals surface area contributed by atoms with E-state index in [4.69, 9.17) is 22.2 Å². The van der Waals surface area contributed by atoms with E-state index >= 15 is 0 Å². The number of nitrogens with zero attached hydrogens (tertiary/aromatic N) is 1. The standard InChI is InChI=1S/C16H15ClN4O2S/c1-9-3-2-4-11(5-9)23-8-14(22)19-10-6-12(17)15-13(7-10)24-16(20-15)21-18/h2-7H,8,18H2,1H3,(H,19,22)(H,20,21). The molecular weight excluding hydrogens is 348 g/mol. The number of aromatic nitrogens is 1. The van der Waals surface area contributed by atoms with Gasteiger partial charge in [0, 0.05) is 5.69 Å². The third-order valence-electron chi connectivity index (χ3n) is 3.22. The van der Waals surface area contributed by atoms with Gasteiger partial charge in [-0.2, -0.15) is 0 Å². The number of aryl methyl sites for hydroxylation is 1. The summed E-state index contributed by atoms with van der Waals surface area (Å²) in [5.41, 5.74) is 4.78. The van der Waals surface area contributed by atoms with Crippen LogP contribution < -0.4 is 21.3 Å². The third kappa shape index (κ3) is 3.76. The second-order valence-electron chi connectivity index (χ2n) is 5.12. The number of nitrogen functional groups attached to an aromatic ring is 1. The number of nitrogens with one attached hydrogen (secondary N) is 2. The van der Waals surface area contributed by atoms with Crippen molar-refractivity contribution >= 4 is 49.9 Å². The van der Waals surface area contributed by atoms with Crippen molar-refractivity contribution in [2.24, 2.45) is 5.84 Å². The normalized spacial score (nSPS) is 10.6. The van der Waals surface area contributed by atoms with E-state index in [-0.39, 0.29) is 12.5 Å². The highest BCUT2D eigenvalue weighted by Gasteiger charge is 2.11.